The lowest BCUT2D eigenvalue weighted by Gasteiger charge is -2.45. The Bertz CT molecular complexity index is 1430. The maximum Gasteiger partial charge on any atom is 0.317 e. The minimum Gasteiger partial charge on any atom is -0.462 e. The predicted molar refractivity (Wildman–Crippen MR) is 248 cm³/mol. The van der Waals surface area contributed by atoms with E-state index in [0.717, 1.165) is 62.7 Å². The number of hydrogen-bond donors (Lipinski definition) is 0. The molecule has 3 aliphatic heterocycles. The Morgan fingerprint density at radius 3 is 1.90 bits per heavy atom. The Labute approximate surface area is 379 Å². The zero-order chi connectivity index (χ0) is 42.6. The number of esters is 5. The molecule has 3 heterocycles. The first-order valence-corrected chi connectivity index (χ1v) is 23.4. The summed E-state index contributed by atoms with van der Waals surface area (Å²) in [6.45, 7) is 19.9. The Balaban J connectivity index is 0.000000422. The monoisotopic (exact) mass is 879 g/mol. The van der Waals surface area contributed by atoms with Crippen LogP contribution < -0.4 is 0 Å². The molecule has 0 N–H and O–H groups in total. The van der Waals surface area contributed by atoms with Gasteiger partial charge in [-0.1, -0.05) is 96.9 Å². The number of rotatable bonds is 9. The predicted octanol–water partition coefficient (Wildman–Crippen LogP) is 12.7. The van der Waals surface area contributed by atoms with Crippen LogP contribution in [0.5, 0.6) is 0 Å². The lowest BCUT2D eigenvalue weighted by atomic mass is 9.65. The number of ether oxygens (including phenoxy) is 5. The van der Waals surface area contributed by atoms with Crippen LogP contribution in [0, 0.1) is 58.7 Å². The minimum atomic E-state index is -0.427. The highest BCUT2D eigenvalue weighted by Crippen LogP contribution is 2.63. The molecule has 62 heavy (non-hydrogen) atoms. The van der Waals surface area contributed by atoms with E-state index in [1.807, 2.05) is 27.7 Å². The quantitative estimate of drug-likeness (QED) is 0.125. The molecule has 0 aromatic carbocycles. The molecule has 6 bridgehead atoms. The molecule has 10 heteroatoms. The van der Waals surface area contributed by atoms with Crippen molar-refractivity contribution in [3.8, 4) is 0 Å². The molecule has 10 nitrogen and oxygen atoms in total. The second-order valence-electron chi connectivity index (χ2n) is 20.6. The standard InChI is InChI=1S/C17H28O2.C15H22O4.C10H20O.C6H8O3.4CH4/c1-5-16(2,3)15(18)19-17(4)10-11-9-14(17)13-8-6-7-12(11)13;1-3-9(2)13(16)19-15-6-10-4-11(7-15)14(17)18-12(5-10)8-15;1-3-9(2)11-10-7-5-4-6-8-10;1-3-4(2)6(8)9-5(3)7;;;;/h11-14H,5-10H2,1-4H3;9-12H,3-8H2,1-2H3;9-10H,3-8H2,1-2H3;3-4H,1-2H3;4*1H4. The van der Waals surface area contributed by atoms with Gasteiger partial charge in [0.2, 0.25) is 0 Å². The molecule has 0 aromatic rings. The van der Waals surface area contributed by atoms with E-state index in [2.05, 4.69) is 32.4 Å². The first kappa shape index (κ1) is 57.5. The van der Waals surface area contributed by atoms with Crippen LogP contribution in [0.3, 0.4) is 0 Å². The molecular formula is C52H94O10. The molecule has 9 fully saturated rings. The van der Waals surface area contributed by atoms with Crippen molar-refractivity contribution in [2.24, 2.45) is 58.7 Å². The van der Waals surface area contributed by atoms with E-state index >= 15 is 0 Å². The van der Waals surface area contributed by atoms with Gasteiger partial charge in [-0.2, -0.15) is 0 Å². The highest BCUT2D eigenvalue weighted by Gasteiger charge is 2.61. The number of carbonyl (C=O) groups is 5. The Hall–Kier alpha value is -2.49. The average molecular weight is 879 g/mol. The van der Waals surface area contributed by atoms with Gasteiger partial charge < -0.3 is 23.7 Å². The molecule has 0 amide bonds. The van der Waals surface area contributed by atoms with E-state index < -0.39 is 17.5 Å². The van der Waals surface area contributed by atoms with E-state index in [1.165, 1.54) is 57.8 Å². The minimum absolute atomic E-state index is 0. The first-order valence-electron chi connectivity index (χ1n) is 23.4. The van der Waals surface area contributed by atoms with Gasteiger partial charge in [-0.05, 0) is 128 Å². The van der Waals surface area contributed by atoms with Crippen LogP contribution in [0.1, 0.15) is 215 Å². The number of hydrogen-bond acceptors (Lipinski definition) is 10. The van der Waals surface area contributed by atoms with Crippen LogP contribution in [0.2, 0.25) is 0 Å². The second kappa shape index (κ2) is 24.2. The molecule has 0 spiro atoms. The van der Waals surface area contributed by atoms with E-state index in [0.29, 0.717) is 36.9 Å². The van der Waals surface area contributed by atoms with Crippen molar-refractivity contribution in [1.29, 1.82) is 0 Å². The SMILES string of the molecule is C.C.C.C.CC1C(=O)OC(=O)C1C.CCC(C)(C)C(=O)OC1(C)CC2CC1C1CCCC21.CCC(C)C(=O)OC12CC3CC(C1)OC(=O)C(C3)C2.CCC(C)OC1CCCCC1. The van der Waals surface area contributed by atoms with Crippen molar-refractivity contribution in [2.45, 2.75) is 244 Å². The molecule has 362 valence electrons. The number of cyclic esters (lactones) is 2. The Morgan fingerprint density at radius 2 is 1.35 bits per heavy atom. The average Bonchev–Trinajstić information content (AvgIpc) is 3.92. The largest absolute Gasteiger partial charge is 0.462 e. The van der Waals surface area contributed by atoms with E-state index in [4.69, 9.17) is 18.9 Å². The third-order valence-corrected chi connectivity index (χ3v) is 15.8. The third-order valence-electron chi connectivity index (χ3n) is 15.8. The van der Waals surface area contributed by atoms with Crippen molar-refractivity contribution in [3.63, 3.8) is 0 Å². The first-order chi connectivity index (χ1) is 27.3. The molecule has 0 aromatic heterocycles. The van der Waals surface area contributed by atoms with E-state index in [9.17, 15) is 24.0 Å². The van der Waals surface area contributed by atoms with Gasteiger partial charge in [-0.3, -0.25) is 24.0 Å². The summed E-state index contributed by atoms with van der Waals surface area (Å²) in [5.41, 5.74) is -0.928. The summed E-state index contributed by atoms with van der Waals surface area (Å²) in [6, 6.07) is 0. The van der Waals surface area contributed by atoms with Crippen molar-refractivity contribution in [2.75, 3.05) is 0 Å². The molecule has 3 saturated heterocycles. The highest BCUT2D eigenvalue weighted by atomic mass is 16.6. The second-order valence-corrected chi connectivity index (χ2v) is 20.6. The van der Waals surface area contributed by atoms with Crippen molar-refractivity contribution in [3.05, 3.63) is 0 Å². The molecule has 13 unspecified atom stereocenters. The Morgan fingerprint density at radius 1 is 0.742 bits per heavy atom. The zero-order valence-electron chi connectivity index (χ0n) is 37.7. The van der Waals surface area contributed by atoms with Crippen LogP contribution >= 0.6 is 0 Å². The molecule has 0 radical (unpaired) electrons. The van der Waals surface area contributed by atoms with Gasteiger partial charge in [-0.25, -0.2) is 0 Å². The molecule has 6 saturated carbocycles. The molecule has 6 aliphatic carbocycles. The summed E-state index contributed by atoms with van der Waals surface area (Å²) in [4.78, 5) is 57.5. The smallest absolute Gasteiger partial charge is 0.317 e. The van der Waals surface area contributed by atoms with Gasteiger partial charge in [-0.15, -0.1) is 0 Å². The summed E-state index contributed by atoms with van der Waals surface area (Å²) < 4.78 is 27.6. The van der Waals surface area contributed by atoms with E-state index in [1.54, 1.807) is 13.8 Å². The van der Waals surface area contributed by atoms with Gasteiger partial charge in [0.15, 0.2) is 0 Å². The normalized spacial score (nSPS) is 35.6. The van der Waals surface area contributed by atoms with Crippen LogP contribution in [0.15, 0.2) is 0 Å². The maximum absolute atomic E-state index is 12.4. The molecule has 9 rings (SSSR count). The van der Waals surface area contributed by atoms with E-state index in [-0.39, 0.29) is 88.4 Å². The van der Waals surface area contributed by atoms with Gasteiger partial charge >= 0.3 is 29.8 Å². The van der Waals surface area contributed by atoms with Crippen LogP contribution in [0.4, 0.5) is 0 Å². The van der Waals surface area contributed by atoms with Gasteiger partial charge in [0, 0.05) is 18.8 Å². The van der Waals surface area contributed by atoms with Gasteiger partial charge in [0.05, 0.1) is 41.3 Å². The molecule has 9 aliphatic rings. The highest BCUT2D eigenvalue weighted by molar-refractivity contribution is 5.95. The number of fused-ring (bicyclic) bond motifs is 6. The fourth-order valence-electron chi connectivity index (χ4n) is 11.3. The number of carbonyl (C=O) groups excluding carboxylic acids is 5. The van der Waals surface area contributed by atoms with Gasteiger partial charge in [0.1, 0.15) is 17.3 Å². The summed E-state index contributed by atoms with van der Waals surface area (Å²) in [7, 11) is 0. The zero-order valence-corrected chi connectivity index (χ0v) is 37.7. The topological polar surface area (TPSA) is 132 Å². The third kappa shape index (κ3) is 13.5. The van der Waals surface area contributed by atoms with Crippen LogP contribution in [0.25, 0.3) is 0 Å². The molecule has 13 atom stereocenters. The summed E-state index contributed by atoms with van der Waals surface area (Å²) in [5, 5.41) is 0. The summed E-state index contributed by atoms with van der Waals surface area (Å²) in [6.07, 6.45) is 21.3. The summed E-state index contributed by atoms with van der Waals surface area (Å²) in [5.74, 6) is 2.16. The summed E-state index contributed by atoms with van der Waals surface area (Å²) >= 11 is 0. The Kier molecular flexibility index (Phi) is 22.4. The van der Waals surface area contributed by atoms with Gasteiger partial charge in [0.25, 0.3) is 0 Å². The van der Waals surface area contributed by atoms with Crippen LogP contribution in [-0.4, -0.2) is 59.4 Å². The maximum atomic E-state index is 12.4. The van der Waals surface area contributed by atoms with Crippen molar-refractivity contribution < 1.29 is 47.7 Å². The molecular weight excluding hydrogens is 785 g/mol. The van der Waals surface area contributed by atoms with Crippen molar-refractivity contribution in [1.82, 2.24) is 0 Å². The fourth-order valence-corrected chi connectivity index (χ4v) is 11.3. The van der Waals surface area contributed by atoms with Crippen LogP contribution in [-0.2, 0) is 47.7 Å². The fraction of sp³-hybridized carbons (Fsp3) is 0.904. The lowest BCUT2D eigenvalue weighted by Crippen LogP contribution is -2.48. The van der Waals surface area contributed by atoms with Crippen molar-refractivity contribution >= 4 is 29.8 Å². The lowest BCUT2D eigenvalue weighted by molar-refractivity contribution is -0.179.